The standard InChI is InChI=1S/C23H30N2O3/c1-16-11-20(12-17(2)21(16)28-5)18-7-6-8-19(13-18)22(26)25-10-9-23(27,15-25)14-24(3)4/h6-8,11-13,27H,9-10,14-15H2,1-5H3. The first kappa shape index (κ1) is 20.4. The third-order valence-corrected chi connectivity index (χ3v) is 5.34. The van der Waals surface area contributed by atoms with Gasteiger partial charge in [0, 0.05) is 18.7 Å². The molecule has 0 aromatic heterocycles. The third kappa shape index (κ3) is 4.21. The van der Waals surface area contributed by atoms with Crippen molar-refractivity contribution in [2.24, 2.45) is 0 Å². The number of likely N-dealkylation sites (tertiary alicyclic amines) is 1. The molecule has 0 aliphatic carbocycles. The van der Waals surface area contributed by atoms with Crippen LogP contribution >= 0.6 is 0 Å². The van der Waals surface area contributed by atoms with E-state index in [-0.39, 0.29) is 5.91 Å². The highest BCUT2D eigenvalue weighted by Gasteiger charge is 2.38. The number of aryl methyl sites for hydroxylation is 2. The van der Waals surface area contributed by atoms with E-state index in [1.165, 1.54) is 0 Å². The number of rotatable bonds is 5. The number of β-amino-alcohol motifs (C(OH)–C–C–N with tert-alkyl or cyclic N) is 1. The van der Waals surface area contributed by atoms with E-state index in [0.717, 1.165) is 28.0 Å². The van der Waals surface area contributed by atoms with E-state index in [4.69, 9.17) is 4.74 Å². The average Bonchev–Trinajstić information content (AvgIpc) is 3.01. The highest BCUT2D eigenvalue weighted by Crippen LogP contribution is 2.31. The summed E-state index contributed by atoms with van der Waals surface area (Å²) in [5.41, 5.74) is 4.03. The molecule has 0 saturated carbocycles. The number of methoxy groups -OCH3 is 1. The second-order valence-corrected chi connectivity index (χ2v) is 8.16. The monoisotopic (exact) mass is 382 g/mol. The predicted octanol–water partition coefficient (Wildman–Crippen LogP) is 3.12. The molecule has 1 amide bonds. The third-order valence-electron chi connectivity index (χ3n) is 5.34. The van der Waals surface area contributed by atoms with Gasteiger partial charge in [-0.15, -0.1) is 0 Å². The number of carbonyl (C=O) groups is 1. The zero-order chi connectivity index (χ0) is 20.5. The maximum Gasteiger partial charge on any atom is 0.253 e. The Morgan fingerprint density at radius 2 is 1.86 bits per heavy atom. The molecule has 1 saturated heterocycles. The second-order valence-electron chi connectivity index (χ2n) is 8.16. The Hall–Kier alpha value is -2.37. The van der Waals surface area contributed by atoms with Crippen molar-refractivity contribution in [3.05, 3.63) is 53.1 Å². The van der Waals surface area contributed by atoms with Crippen molar-refractivity contribution < 1.29 is 14.6 Å². The smallest absolute Gasteiger partial charge is 0.253 e. The van der Waals surface area contributed by atoms with Crippen LogP contribution in [0.3, 0.4) is 0 Å². The van der Waals surface area contributed by atoms with E-state index >= 15 is 0 Å². The first-order valence-electron chi connectivity index (χ1n) is 9.64. The molecule has 5 heteroatoms. The molecule has 1 heterocycles. The van der Waals surface area contributed by atoms with Gasteiger partial charge in [-0.25, -0.2) is 0 Å². The van der Waals surface area contributed by atoms with Crippen molar-refractivity contribution in [2.45, 2.75) is 25.9 Å². The largest absolute Gasteiger partial charge is 0.496 e. The van der Waals surface area contributed by atoms with Crippen molar-refractivity contribution in [1.29, 1.82) is 0 Å². The summed E-state index contributed by atoms with van der Waals surface area (Å²) in [6.45, 7) is 5.56. The number of aliphatic hydroxyl groups is 1. The molecule has 0 bridgehead atoms. The zero-order valence-electron chi connectivity index (χ0n) is 17.5. The van der Waals surface area contributed by atoms with Crippen molar-refractivity contribution in [3.8, 4) is 16.9 Å². The molecule has 1 fully saturated rings. The van der Waals surface area contributed by atoms with Gasteiger partial charge < -0.3 is 19.6 Å². The number of carbonyl (C=O) groups excluding carboxylic acids is 1. The molecule has 28 heavy (non-hydrogen) atoms. The summed E-state index contributed by atoms with van der Waals surface area (Å²) >= 11 is 0. The summed E-state index contributed by atoms with van der Waals surface area (Å²) in [6.07, 6.45) is 0.605. The molecule has 1 atom stereocenters. The van der Waals surface area contributed by atoms with Gasteiger partial charge in [0.05, 0.1) is 19.3 Å². The van der Waals surface area contributed by atoms with E-state index < -0.39 is 5.60 Å². The Bertz CT molecular complexity index is 855. The zero-order valence-corrected chi connectivity index (χ0v) is 17.5. The van der Waals surface area contributed by atoms with Crippen LogP contribution < -0.4 is 4.74 Å². The molecule has 1 aliphatic heterocycles. The fourth-order valence-electron chi connectivity index (χ4n) is 4.20. The van der Waals surface area contributed by atoms with Gasteiger partial charge in [0.15, 0.2) is 0 Å². The van der Waals surface area contributed by atoms with Crippen LogP contribution in [-0.2, 0) is 0 Å². The first-order chi connectivity index (χ1) is 13.2. The summed E-state index contributed by atoms with van der Waals surface area (Å²) < 4.78 is 5.46. The van der Waals surface area contributed by atoms with Crippen LogP contribution in [0, 0.1) is 13.8 Å². The summed E-state index contributed by atoms with van der Waals surface area (Å²) in [7, 11) is 5.55. The van der Waals surface area contributed by atoms with Crippen molar-refractivity contribution in [3.63, 3.8) is 0 Å². The molecule has 0 spiro atoms. The summed E-state index contributed by atoms with van der Waals surface area (Å²) in [6, 6.07) is 11.9. The number of likely N-dealkylation sites (N-methyl/N-ethyl adjacent to an activating group) is 1. The second kappa shape index (κ2) is 7.94. The number of ether oxygens (including phenoxy) is 1. The minimum absolute atomic E-state index is 0.0292. The van der Waals surface area contributed by atoms with Crippen LogP contribution in [0.5, 0.6) is 5.75 Å². The van der Waals surface area contributed by atoms with Crippen LogP contribution in [-0.4, -0.2) is 67.3 Å². The highest BCUT2D eigenvalue weighted by molar-refractivity contribution is 5.95. The van der Waals surface area contributed by atoms with Crippen LogP contribution in [0.15, 0.2) is 36.4 Å². The molecule has 2 aromatic rings. The van der Waals surface area contributed by atoms with Gasteiger partial charge in [-0.05, 0) is 80.9 Å². The van der Waals surface area contributed by atoms with E-state index in [2.05, 4.69) is 12.1 Å². The van der Waals surface area contributed by atoms with Gasteiger partial charge in [-0.3, -0.25) is 4.79 Å². The fraction of sp³-hybridized carbons (Fsp3) is 0.435. The van der Waals surface area contributed by atoms with E-state index in [0.29, 0.717) is 31.6 Å². The summed E-state index contributed by atoms with van der Waals surface area (Å²) in [5, 5.41) is 10.7. The molecular formula is C23H30N2O3. The van der Waals surface area contributed by atoms with Crippen LogP contribution in [0.4, 0.5) is 0 Å². The number of nitrogens with zero attached hydrogens (tertiary/aromatic N) is 2. The molecule has 3 rings (SSSR count). The van der Waals surface area contributed by atoms with E-state index in [9.17, 15) is 9.90 Å². The Labute approximate surface area is 167 Å². The van der Waals surface area contributed by atoms with Gasteiger partial charge >= 0.3 is 0 Å². The van der Waals surface area contributed by atoms with Gasteiger partial charge in [0.25, 0.3) is 5.91 Å². The molecule has 2 aromatic carbocycles. The van der Waals surface area contributed by atoms with E-state index in [1.807, 2.05) is 57.1 Å². The van der Waals surface area contributed by atoms with E-state index in [1.54, 1.807) is 12.0 Å². The lowest BCUT2D eigenvalue weighted by Gasteiger charge is -2.26. The minimum Gasteiger partial charge on any atom is -0.496 e. The number of hydrogen-bond donors (Lipinski definition) is 1. The molecule has 1 N–H and O–H groups in total. The van der Waals surface area contributed by atoms with Gasteiger partial charge in [-0.1, -0.05) is 12.1 Å². The maximum atomic E-state index is 13.0. The van der Waals surface area contributed by atoms with Crippen molar-refractivity contribution in [2.75, 3.05) is 40.8 Å². The first-order valence-corrected chi connectivity index (χ1v) is 9.64. The highest BCUT2D eigenvalue weighted by atomic mass is 16.5. The Balaban J connectivity index is 1.83. The summed E-state index contributed by atoms with van der Waals surface area (Å²) in [5.74, 6) is 0.867. The quantitative estimate of drug-likeness (QED) is 0.863. The topological polar surface area (TPSA) is 53.0 Å². The SMILES string of the molecule is COc1c(C)cc(-c2cccc(C(=O)N3CCC(O)(CN(C)C)C3)c2)cc1C. The minimum atomic E-state index is -0.832. The van der Waals surface area contributed by atoms with Crippen LogP contribution in [0.1, 0.15) is 27.9 Å². The van der Waals surface area contributed by atoms with Gasteiger partial charge in [0.1, 0.15) is 5.75 Å². The molecule has 0 radical (unpaired) electrons. The molecule has 150 valence electrons. The Morgan fingerprint density at radius 3 is 2.46 bits per heavy atom. The van der Waals surface area contributed by atoms with Gasteiger partial charge in [0.2, 0.25) is 0 Å². The van der Waals surface area contributed by atoms with Gasteiger partial charge in [-0.2, -0.15) is 0 Å². The molecular weight excluding hydrogens is 352 g/mol. The summed E-state index contributed by atoms with van der Waals surface area (Å²) in [4.78, 5) is 16.7. The van der Waals surface area contributed by atoms with Crippen LogP contribution in [0.25, 0.3) is 11.1 Å². The lowest BCUT2D eigenvalue weighted by atomic mass is 9.98. The van der Waals surface area contributed by atoms with Crippen molar-refractivity contribution >= 4 is 5.91 Å². The molecule has 1 aliphatic rings. The normalized spacial score (nSPS) is 19.3. The Morgan fingerprint density at radius 1 is 1.18 bits per heavy atom. The maximum absolute atomic E-state index is 13.0. The van der Waals surface area contributed by atoms with Crippen LogP contribution in [0.2, 0.25) is 0 Å². The average molecular weight is 383 g/mol. The number of benzene rings is 2. The number of amides is 1. The predicted molar refractivity (Wildman–Crippen MR) is 112 cm³/mol. The number of hydrogen-bond acceptors (Lipinski definition) is 4. The molecule has 1 unspecified atom stereocenters. The lowest BCUT2D eigenvalue weighted by molar-refractivity contribution is 0.0236. The Kier molecular flexibility index (Phi) is 5.77. The van der Waals surface area contributed by atoms with Crippen molar-refractivity contribution in [1.82, 2.24) is 9.80 Å². The fourth-order valence-corrected chi connectivity index (χ4v) is 4.20. The molecule has 5 nitrogen and oxygen atoms in total. The lowest BCUT2D eigenvalue weighted by Crippen LogP contribution is -2.43.